The molecule has 0 aromatic heterocycles. The van der Waals surface area contributed by atoms with E-state index in [2.05, 4.69) is 5.32 Å². The molecule has 1 unspecified atom stereocenters. The van der Waals surface area contributed by atoms with Crippen LogP contribution in [0.25, 0.3) is 0 Å². The van der Waals surface area contributed by atoms with E-state index >= 15 is 0 Å². The van der Waals surface area contributed by atoms with E-state index in [9.17, 15) is 13.0 Å². The van der Waals surface area contributed by atoms with Crippen LogP contribution in [0.15, 0.2) is 0 Å². The number of nitrogens with one attached hydrogen (secondary N) is 1. The predicted molar refractivity (Wildman–Crippen MR) is 53.8 cm³/mol. The summed E-state index contributed by atoms with van der Waals surface area (Å²) in [5, 5.41) is 2.05. The molecule has 0 aromatic carbocycles. The number of hydrogen-bond donors (Lipinski definition) is 1. The van der Waals surface area contributed by atoms with Crippen molar-refractivity contribution in [3.05, 3.63) is 0 Å². The first-order valence-electron chi connectivity index (χ1n) is 5.24. The zero-order valence-corrected chi connectivity index (χ0v) is 9.35. The van der Waals surface area contributed by atoms with Crippen LogP contribution in [-0.4, -0.2) is 24.4 Å². The van der Waals surface area contributed by atoms with Gasteiger partial charge in [0.25, 0.3) is 0 Å². The normalized spacial score (nSPS) is 22.1. The lowest BCUT2D eigenvalue weighted by Gasteiger charge is -2.29. The van der Waals surface area contributed by atoms with E-state index in [-0.39, 0.29) is 6.04 Å². The molecule has 0 aromatic rings. The summed E-state index contributed by atoms with van der Waals surface area (Å²) < 4.78 is 32.5. The van der Waals surface area contributed by atoms with E-state index in [1.807, 2.05) is 0 Å². The van der Waals surface area contributed by atoms with Gasteiger partial charge in [0.15, 0.2) is 0 Å². The molecule has 1 aliphatic rings. The fourth-order valence-electron chi connectivity index (χ4n) is 1.94. The average Bonchev–Trinajstić information content (AvgIpc) is 2.14. The third kappa shape index (κ3) is 3.55. The highest BCUT2D eigenvalue weighted by molar-refractivity contribution is 7.86. The fraction of sp³-hybridized carbons (Fsp3) is 1.00. The van der Waals surface area contributed by atoms with Crippen LogP contribution in [0.4, 0.5) is 0 Å². The van der Waals surface area contributed by atoms with Gasteiger partial charge in [0.05, 0.1) is 5.37 Å². The van der Waals surface area contributed by atoms with Crippen molar-refractivity contribution < 1.29 is 13.0 Å². The Morgan fingerprint density at radius 2 is 1.93 bits per heavy atom. The van der Waals surface area contributed by atoms with Crippen LogP contribution in [-0.2, 0) is 10.1 Å². The molecule has 0 radical (unpaired) electrons. The molecule has 1 N–H and O–H groups in total. The molecule has 0 heterocycles. The summed E-state index contributed by atoms with van der Waals surface area (Å²) >= 11 is 0. The van der Waals surface area contributed by atoms with Gasteiger partial charge in [-0.1, -0.05) is 26.2 Å². The second-order valence-electron chi connectivity index (χ2n) is 3.89. The third-order valence-electron chi connectivity index (χ3n) is 2.75. The summed E-state index contributed by atoms with van der Waals surface area (Å²) in [7, 11) is -4.18. The molecule has 0 aliphatic heterocycles. The Kier molecular flexibility index (Phi) is 4.34. The lowest BCUT2D eigenvalue weighted by Crippen LogP contribution is -2.43. The third-order valence-corrected chi connectivity index (χ3v) is 3.91. The van der Waals surface area contributed by atoms with Crippen molar-refractivity contribution in [3.63, 3.8) is 0 Å². The van der Waals surface area contributed by atoms with E-state index in [1.54, 1.807) is 6.92 Å². The Morgan fingerprint density at radius 3 is 2.36 bits per heavy atom. The van der Waals surface area contributed by atoms with Gasteiger partial charge in [0, 0.05) is 6.04 Å². The highest BCUT2D eigenvalue weighted by Gasteiger charge is 2.20. The highest BCUT2D eigenvalue weighted by atomic mass is 32.2. The Balaban J connectivity index is 2.47. The van der Waals surface area contributed by atoms with Crippen molar-refractivity contribution in [2.24, 2.45) is 0 Å². The van der Waals surface area contributed by atoms with E-state index in [0.717, 1.165) is 25.7 Å². The van der Waals surface area contributed by atoms with Crippen LogP contribution in [0, 0.1) is 0 Å². The van der Waals surface area contributed by atoms with Crippen molar-refractivity contribution in [3.8, 4) is 0 Å². The van der Waals surface area contributed by atoms with Crippen molar-refractivity contribution >= 4 is 10.1 Å². The maximum absolute atomic E-state index is 10.8. The molecule has 0 saturated heterocycles. The van der Waals surface area contributed by atoms with Gasteiger partial charge in [-0.3, -0.25) is 5.32 Å². The van der Waals surface area contributed by atoms with Crippen LogP contribution < -0.4 is 5.32 Å². The maximum atomic E-state index is 10.8. The first-order chi connectivity index (χ1) is 6.54. The molecule has 4 nitrogen and oxygen atoms in total. The molecule has 0 amide bonds. The molecule has 14 heavy (non-hydrogen) atoms. The van der Waals surface area contributed by atoms with E-state index in [1.165, 1.54) is 6.42 Å². The van der Waals surface area contributed by atoms with Gasteiger partial charge in [-0.25, -0.2) is 8.42 Å². The van der Waals surface area contributed by atoms with Crippen LogP contribution in [0.3, 0.4) is 0 Å². The average molecular weight is 220 g/mol. The molecule has 0 bridgehead atoms. The van der Waals surface area contributed by atoms with Gasteiger partial charge in [-0.05, 0) is 19.3 Å². The largest absolute Gasteiger partial charge is 0.747 e. The predicted octanol–water partition coefficient (Wildman–Crippen LogP) is 1.19. The lowest BCUT2D eigenvalue weighted by molar-refractivity contribution is 0.345. The fourth-order valence-corrected chi connectivity index (χ4v) is 2.70. The standard InChI is InChI=1S/C9H19NO3S/c1-2-9(14(11,12)13)10-8-6-4-3-5-7-8/h8-10H,2-7H2,1H3,(H,11,12,13)/p-1. The smallest absolute Gasteiger partial charge is 0.111 e. The number of hydrogen-bond acceptors (Lipinski definition) is 4. The zero-order valence-electron chi connectivity index (χ0n) is 8.53. The molecule has 1 aliphatic carbocycles. The number of rotatable bonds is 4. The molecule has 84 valence electrons. The quantitative estimate of drug-likeness (QED) is 0.722. The molecule has 1 saturated carbocycles. The summed E-state index contributed by atoms with van der Waals surface area (Å²) in [5.74, 6) is 0. The summed E-state index contributed by atoms with van der Waals surface area (Å²) in [5.41, 5.74) is 0. The molecule has 1 fully saturated rings. The lowest BCUT2D eigenvalue weighted by atomic mass is 9.95. The zero-order chi connectivity index (χ0) is 10.6. The Bertz CT molecular complexity index is 257. The Labute approximate surface area is 85.8 Å². The Hall–Kier alpha value is -0.130. The molecule has 1 atom stereocenters. The SMILES string of the molecule is CCC(NC1CCCCC1)S(=O)(=O)[O-]. The topological polar surface area (TPSA) is 69.2 Å². The van der Waals surface area contributed by atoms with E-state index in [0.29, 0.717) is 6.42 Å². The summed E-state index contributed by atoms with van der Waals surface area (Å²) in [6.45, 7) is 1.72. The van der Waals surface area contributed by atoms with Crippen LogP contribution in [0.5, 0.6) is 0 Å². The van der Waals surface area contributed by atoms with Gasteiger partial charge in [-0.2, -0.15) is 0 Å². The minimum Gasteiger partial charge on any atom is -0.747 e. The Morgan fingerprint density at radius 1 is 1.36 bits per heavy atom. The maximum Gasteiger partial charge on any atom is 0.111 e. The molecular formula is C9H18NO3S-. The summed E-state index contributed by atoms with van der Waals surface area (Å²) in [6.07, 6.45) is 5.82. The molecule has 5 heteroatoms. The first-order valence-corrected chi connectivity index (χ1v) is 6.72. The van der Waals surface area contributed by atoms with Gasteiger partial charge in [0.2, 0.25) is 0 Å². The van der Waals surface area contributed by atoms with Crippen molar-refractivity contribution in [1.29, 1.82) is 0 Å². The van der Waals surface area contributed by atoms with Gasteiger partial charge in [0.1, 0.15) is 10.1 Å². The van der Waals surface area contributed by atoms with E-state index in [4.69, 9.17) is 0 Å². The van der Waals surface area contributed by atoms with Crippen molar-refractivity contribution in [1.82, 2.24) is 5.32 Å². The summed E-state index contributed by atoms with van der Waals surface area (Å²) in [4.78, 5) is 0. The monoisotopic (exact) mass is 220 g/mol. The van der Waals surface area contributed by atoms with Gasteiger partial charge in [-0.15, -0.1) is 0 Å². The van der Waals surface area contributed by atoms with Crippen LogP contribution in [0.2, 0.25) is 0 Å². The van der Waals surface area contributed by atoms with Crippen molar-refractivity contribution in [2.75, 3.05) is 0 Å². The van der Waals surface area contributed by atoms with E-state index < -0.39 is 15.5 Å². The van der Waals surface area contributed by atoms with Crippen molar-refractivity contribution in [2.45, 2.75) is 56.9 Å². The minimum atomic E-state index is -4.18. The van der Waals surface area contributed by atoms with Crippen LogP contribution in [0.1, 0.15) is 45.4 Å². The molecule has 1 rings (SSSR count). The highest BCUT2D eigenvalue weighted by Crippen LogP contribution is 2.18. The molecule has 0 spiro atoms. The van der Waals surface area contributed by atoms with Crippen LogP contribution >= 0.6 is 0 Å². The second-order valence-corrected chi connectivity index (χ2v) is 5.45. The second kappa shape index (κ2) is 5.09. The minimum absolute atomic E-state index is 0.220. The molecular weight excluding hydrogens is 202 g/mol. The van der Waals surface area contributed by atoms with Gasteiger partial charge < -0.3 is 4.55 Å². The summed E-state index contributed by atoms with van der Waals surface area (Å²) in [6, 6.07) is 0.220. The van der Waals surface area contributed by atoms with Gasteiger partial charge >= 0.3 is 0 Å². The first kappa shape index (κ1) is 11.9.